The predicted molar refractivity (Wildman–Crippen MR) is 71.1 cm³/mol. The van der Waals surface area contributed by atoms with Crippen molar-refractivity contribution < 1.29 is 19.4 Å². The average Bonchev–Trinajstić information content (AvgIpc) is 2.87. The van der Waals surface area contributed by atoms with Gasteiger partial charge in [0.05, 0.1) is 6.10 Å². The van der Waals surface area contributed by atoms with Crippen LogP contribution in [0.1, 0.15) is 46.0 Å². The van der Waals surface area contributed by atoms with Gasteiger partial charge in [-0.3, -0.25) is 0 Å². The van der Waals surface area contributed by atoms with Crippen LogP contribution in [0.25, 0.3) is 0 Å². The molecule has 0 aromatic heterocycles. The minimum atomic E-state index is -1.21. The van der Waals surface area contributed by atoms with Gasteiger partial charge in [0.1, 0.15) is 5.54 Å². The Labute approximate surface area is 113 Å². The van der Waals surface area contributed by atoms with E-state index in [4.69, 9.17) is 9.84 Å². The SMILES string of the molecule is CCC(C)(NC(=O)NCCCC1CCCO1)C(=O)O. The van der Waals surface area contributed by atoms with E-state index >= 15 is 0 Å². The fourth-order valence-corrected chi connectivity index (χ4v) is 1.99. The first-order chi connectivity index (χ1) is 8.98. The van der Waals surface area contributed by atoms with Crippen molar-refractivity contribution in [3.05, 3.63) is 0 Å². The standard InChI is InChI=1S/C13H24N2O4/c1-3-13(2,11(16)17)15-12(18)14-8-4-6-10-7-5-9-19-10/h10H,3-9H2,1-2H3,(H,16,17)(H2,14,15,18). The molecule has 1 fully saturated rings. The molecule has 6 heteroatoms. The molecule has 1 heterocycles. The second-order valence-electron chi connectivity index (χ2n) is 5.15. The van der Waals surface area contributed by atoms with E-state index in [1.54, 1.807) is 6.92 Å². The molecule has 0 bridgehead atoms. The van der Waals surface area contributed by atoms with Gasteiger partial charge in [0.25, 0.3) is 0 Å². The van der Waals surface area contributed by atoms with E-state index in [0.29, 0.717) is 19.1 Å². The molecule has 2 unspecified atom stereocenters. The highest BCUT2D eigenvalue weighted by molar-refractivity contribution is 5.85. The summed E-state index contributed by atoms with van der Waals surface area (Å²) >= 11 is 0. The van der Waals surface area contributed by atoms with E-state index in [-0.39, 0.29) is 0 Å². The number of carbonyl (C=O) groups is 2. The van der Waals surface area contributed by atoms with Gasteiger partial charge in [-0.05, 0) is 39.0 Å². The van der Waals surface area contributed by atoms with E-state index in [2.05, 4.69) is 10.6 Å². The van der Waals surface area contributed by atoms with Crippen molar-refractivity contribution in [1.82, 2.24) is 10.6 Å². The van der Waals surface area contributed by atoms with E-state index < -0.39 is 17.5 Å². The lowest BCUT2D eigenvalue weighted by molar-refractivity contribution is -0.143. The molecule has 0 aromatic carbocycles. The molecule has 6 nitrogen and oxygen atoms in total. The van der Waals surface area contributed by atoms with Crippen LogP contribution in [0.5, 0.6) is 0 Å². The number of carboxylic acids is 1. The Hall–Kier alpha value is -1.30. The van der Waals surface area contributed by atoms with Crippen molar-refractivity contribution in [2.75, 3.05) is 13.2 Å². The van der Waals surface area contributed by atoms with Crippen LogP contribution >= 0.6 is 0 Å². The van der Waals surface area contributed by atoms with Gasteiger partial charge in [0.15, 0.2) is 0 Å². The molecule has 1 aliphatic rings. The normalized spacial score (nSPS) is 21.7. The fraction of sp³-hybridized carbons (Fsp3) is 0.846. The lowest BCUT2D eigenvalue weighted by atomic mass is 10.00. The highest BCUT2D eigenvalue weighted by Gasteiger charge is 2.32. The van der Waals surface area contributed by atoms with Gasteiger partial charge in [-0.1, -0.05) is 6.92 Å². The van der Waals surface area contributed by atoms with Crippen molar-refractivity contribution in [2.45, 2.75) is 57.6 Å². The highest BCUT2D eigenvalue weighted by atomic mass is 16.5. The Bertz CT molecular complexity index is 316. The number of amides is 2. The quantitative estimate of drug-likeness (QED) is 0.613. The summed E-state index contributed by atoms with van der Waals surface area (Å²) in [6, 6.07) is -0.431. The number of urea groups is 1. The smallest absolute Gasteiger partial charge is 0.329 e. The second kappa shape index (κ2) is 7.33. The zero-order valence-electron chi connectivity index (χ0n) is 11.7. The summed E-state index contributed by atoms with van der Waals surface area (Å²) in [5, 5.41) is 14.2. The van der Waals surface area contributed by atoms with Crippen LogP contribution in [0.15, 0.2) is 0 Å². The van der Waals surface area contributed by atoms with Gasteiger partial charge in [-0.2, -0.15) is 0 Å². The van der Waals surface area contributed by atoms with E-state index in [1.165, 1.54) is 6.92 Å². The third-order valence-electron chi connectivity index (χ3n) is 3.58. The van der Waals surface area contributed by atoms with Crippen molar-refractivity contribution in [3.63, 3.8) is 0 Å². The van der Waals surface area contributed by atoms with Crippen LogP contribution in [0.4, 0.5) is 4.79 Å². The lowest BCUT2D eigenvalue weighted by Gasteiger charge is -2.24. The highest BCUT2D eigenvalue weighted by Crippen LogP contribution is 2.16. The summed E-state index contributed by atoms with van der Waals surface area (Å²) in [4.78, 5) is 22.6. The van der Waals surface area contributed by atoms with Gasteiger partial charge in [0.2, 0.25) is 0 Å². The molecule has 1 saturated heterocycles. The minimum Gasteiger partial charge on any atom is -0.480 e. The number of carbonyl (C=O) groups excluding carboxylic acids is 1. The summed E-state index contributed by atoms with van der Waals surface area (Å²) in [7, 11) is 0. The Kier molecular flexibility index (Phi) is 6.08. The summed E-state index contributed by atoms with van der Waals surface area (Å²) in [6.07, 6.45) is 4.65. The maximum absolute atomic E-state index is 11.6. The summed E-state index contributed by atoms with van der Waals surface area (Å²) in [5.41, 5.74) is -1.21. The van der Waals surface area contributed by atoms with E-state index in [9.17, 15) is 9.59 Å². The Morgan fingerprint density at radius 1 is 1.47 bits per heavy atom. The molecule has 3 N–H and O–H groups in total. The van der Waals surface area contributed by atoms with Crippen molar-refractivity contribution in [3.8, 4) is 0 Å². The Morgan fingerprint density at radius 3 is 2.74 bits per heavy atom. The lowest BCUT2D eigenvalue weighted by Crippen LogP contribution is -2.54. The molecule has 0 aliphatic carbocycles. The number of carboxylic acid groups (broad SMARTS) is 1. The van der Waals surface area contributed by atoms with Crippen LogP contribution in [0.3, 0.4) is 0 Å². The van der Waals surface area contributed by atoms with Crippen LogP contribution < -0.4 is 10.6 Å². The van der Waals surface area contributed by atoms with Crippen LogP contribution in [0, 0.1) is 0 Å². The number of hydrogen-bond acceptors (Lipinski definition) is 3. The first-order valence-electron chi connectivity index (χ1n) is 6.89. The third-order valence-corrected chi connectivity index (χ3v) is 3.58. The third kappa shape index (κ3) is 5.06. The van der Waals surface area contributed by atoms with Crippen molar-refractivity contribution >= 4 is 12.0 Å². The zero-order valence-corrected chi connectivity index (χ0v) is 11.7. The van der Waals surface area contributed by atoms with Gasteiger partial charge >= 0.3 is 12.0 Å². The molecule has 19 heavy (non-hydrogen) atoms. The van der Waals surface area contributed by atoms with Crippen LogP contribution in [-0.2, 0) is 9.53 Å². The fourth-order valence-electron chi connectivity index (χ4n) is 1.99. The number of hydrogen-bond donors (Lipinski definition) is 3. The maximum atomic E-state index is 11.6. The first-order valence-corrected chi connectivity index (χ1v) is 6.89. The largest absolute Gasteiger partial charge is 0.480 e. The summed E-state index contributed by atoms with van der Waals surface area (Å²) in [5.74, 6) is -1.02. The molecule has 2 atom stereocenters. The van der Waals surface area contributed by atoms with E-state index in [0.717, 1.165) is 32.3 Å². The molecule has 1 aliphatic heterocycles. The molecular formula is C13H24N2O4. The van der Waals surface area contributed by atoms with Gasteiger partial charge in [-0.15, -0.1) is 0 Å². The maximum Gasteiger partial charge on any atom is 0.329 e. The average molecular weight is 272 g/mol. The monoisotopic (exact) mass is 272 g/mol. The number of nitrogens with one attached hydrogen (secondary N) is 2. The number of ether oxygens (including phenoxy) is 1. The second-order valence-corrected chi connectivity index (χ2v) is 5.15. The zero-order chi connectivity index (χ0) is 14.3. The summed E-state index contributed by atoms with van der Waals surface area (Å²) < 4.78 is 5.48. The van der Waals surface area contributed by atoms with Crippen molar-refractivity contribution in [2.24, 2.45) is 0 Å². The number of aliphatic carboxylic acids is 1. The molecular weight excluding hydrogens is 248 g/mol. The Morgan fingerprint density at radius 2 is 2.21 bits per heavy atom. The van der Waals surface area contributed by atoms with Crippen LogP contribution in [0.2, 0.25) is 0 Å². The molecule has 0 aromatic rings. The molecule has 0 radical (unpaired) electrons. The molecule has 1 rings (SSSR count). The van der Waals surface area contributed by atoms with Crippen LogP contribution in [-0.4, -0.2) is 41.9 Å². The Balaban J connectivity index is 2.18. The molecule has 0 spiro atoms. The van der Waals surface area contributed by atoms with E-state index in [1.807, 2.05) is 0 Å². The van der Waals surface area contributed by atoms with Gasteiger partial charge in [-0.25, -0.2) is 9.59 Å². The molecule has 0 saturated carbocycles. The predicted octanol–water partition coefficient (Wildman–Crippen LogP) is 1.50. The van der Waals surface area contributed by atoms with Gasteiger partial charge < -0.3 is 20.5 Å². The molecule has 2 amide bonds. The van der Waals surface area contributed by atoms with Gasteiger partial charge in [0, 0.05) is 13.2 Å². The minimum absolute atomic E-state index is 0.324. The van der Waals surface area contributed by atoms with Crippen molar-refractivity contribution in [1.29, 1.82) is 0 Å². The molecule has 110 valence electrons. The topological polar surface area (TPSA) is 87.7 Å². The number of rotatable bonds is 7. The first kappa shape index (κ1) is 15.8. The summed E-state index contributed by atoms with van der Waals surface area (Å²) in [6.45, 7) is 4.60.